The van der Waals surface area contributed by atoms with Gasteiger partial charge >= 0.3 is 5.97 Å². The van der Waals surface area contributed by atoms with Gasteiger partial charge in [-0.2, -0.15) is 0 Å². The smallest absolute Gasteiger partial charge is 0.307 e. The van der Waals surface area contributed by atoms with Gasteiger partial charge in [-0.25, -0.2) is 4.39 Å². The number of carbonyl (C=O) groups excluding carboxylic acids is 1. The van der Waals surface area contributed by atoms with Crippen LogP contribution in [0.1, 0.15) is 12.0 Å². The first-order valence-corrected chi connectivity index (χ1v) is 6.21. The number of aliphatic carboxylic acids is 1. The van der Waals surface area contributed by atoms with Gasteiger partial charge in [-0.1, -0.05) is 12.1 Å². The number of rotatable bonds is 5. The van der Waals surface area contributed by atoms with Crippen LogP contribution in [0.5, 0.6) is 0 Å². The first-order chi connectivity index (χ1) is 8.99. The number of halogens is 1. The van der Waals surface area contributed by atoms with Gasteiger partial charge in [0.25, 0.3) is 0 Å². The van der Waals surface area contributed by atoms with E-state index < -0.39 is 11.9 Å². The third kappa shape index (κ3) is 3.30. The minimum Gasteiger partial charge on any atom is -0.481 e. The summed E-state index contributed by atoms with van der Waals surface area (Å²) in [6.07, 6.45) is 0.989. The number of carboxylic acid groups (broad SMARTS) is 1. The van der Waals surface area contributed by atoms with E-state index in [-0.39, 0.29) is 17.6 Å². The summed E-state index contributed by atoms with van der Waals surface area (Å²) in [7, 11) is 1.65. The van der Waals surface area contributed by atoms with Gasteiger partial charge in [0.2, 0.25) is 5.91 Å². The number of carboxylic acids is 1. The van der Waals surface area contributed by atoms with Gasteiger partial charge in [-0.05, 0) is 30.5 Å². The fourth-order valence-electron chi connectivity index (χ4n) is 2.12. The van der Waals surface area contributed by atoms with Crippen molar-refractivity contribution in [1.29, 1.82) is 0 Å². The Kier molecular flexibility index (Phi) is 3.83. The highest BCUT2D eigenvalue weighted by atomic mass is 19.1. The lowest BCUT2D eigenvalue weighted by molar-refractivity contribution is -0.141. The average molecular weight is 265 g/mol. The van der Waals surface area contributed by atoms with E-state index in [2.05, 4.69) is 0 Å². The second-order valence-electron chi connectivity index (χ2n) is 4.93. The Balaban J connectivity index is 1.83. The molecule has 1 N–H and O–H groups in total. The summed E-state index contributed by atoms with van der Waals surface area (Å²) >= 11 is 0. The summed E-state index contributed by atoms with van der Waals surface area (Å²) in [6.45, 7) is 0.463. The molecule has 0 aromatic heterocycles. The van der Waals surface area contributed by atoms with Gasteiger partial charge in [-0.15, -0.1) is 0 Å². The Morgan fingerprint density at radius 2 is 2.16 bits per heavy atom. The maximum Gasteiger partial charge on any atom is 0.307 e. The summed E-state index contributed by atoms with van der Waals surface area (Å²) in [6, 6.07) is 6.25. The summed E-state index contributed by atoms with van der Waals surface area (Å²) in [5.41, 5.74) is 0.824. The normalized spacial score (nSPS) is 20.9. The first kappa shape index (κ1) is 13.5. The minimum absolute atomic E-state index is 0.135. The van der Waals surface area contributed by atoms with Crippen molar-refractivity contribution in [2.24, 2.45) is 11.8 Å². The number of carbonyl (C=O) groups is 2. The lowest BCUT2D eigenvalue weighted by Crippen LogP contribution is -2.31. The van der Waals surface area contributed by atoms with E-state index in [4.69, 9.17) is 5.11 Å². The third-order valence-corrected chi connectivity index (χ3v) is 3.43. The van der Waals surface area contributed by atoms with Crippen LogP contribution in [0.3, 0.4) is 0 Å². The molecule has 4 nitrogen and oxygen atoms in total. The molecular formula is C14H16FNO3. The molecule has 19 heavy (non-hydrogen) atoms. The molecule has 5 heteroatoms. The molecule has 1 aromatic rings. The topological polar surface area (TPSA) is 57.6 Å². The van der Waals surface area contributed by atoms with Crippen LogP contribution in [0.2, 0.25) is 0 Å². The number of nitrogens with zero attached hydrogens (tertiary/aromatic N) is 1. The Hall–Kier alpha value is -1.91. The maximum atomic E-state index is 13.0. The van der Waals surface area contributed by atoms with Crippen molar-refractivity contribution in [2.75, 3.05) is 13.6 Å². The Morgan fingerprint density at radius 1 is 1.42 bits per heavy atom. The van der Waals surface area contributed by atoms with E-state index in [0.29, 0.717) is 19.4 Å². The highest BCUT2D eigenvalue weighted by Gasteiger charge is 2.49. The molecule has 1 saturated carbocycles. The zero-order valence-electron chi connectivity index (χ0n) is 10.7. The van der Waals surface area contributed by atoms with E-state index in [1.807, 2.05) is 0 Å². The van der Waals surface area contributed by atoms with Crippen LogP contribution in [0.4, 0.5) is 4.39 Å². The quantitative estimate of drug-likeness (QED) is 0.878. The molecule has 1 fully saturated rings. The van der Waals surface area contributed by atoms with E-state index in [9.17, 15) is 14.0 Å². The fraction of sp³-hybridized carbons (Fsp3) is 0.429. The fourth-order valence-corrected chi connectivity index (χ4v) is 2.12. The van der Waals surface area contributed by atoms with E-state index in [1.54, 1.807) is 19.2 Å². The van der Waals surface area contributed by atoms with Crippen molar-refractivity contribution in [3.63, 3.8) is 0 Å². The molecule has 0 heterocycles. The lowest BCUT2D eigenvalue weighted by Gasteiger charge is -2.17. The molecule has 0 aliphatic heterocycles. The van der Waals surface area contributed by atoms with Gasteiger partial charge in [0.05, 0.1) is 11.8 Å². The molecule has 2 rings (SSSR count). The minimum atomic E-state index is -0.906. The number of hydrogen-bond donors (Lipinski definition) is 1. The predicted molar refractivity (Wildman–Crippen MR) is 67.0 cm³/mol. The van der Waals surface area contributed by atoms with Crippen LogP contribution in [-0.4, -0.2) is 35.5 Å². The van der Waals surface area contributed by atoms with Crippen molar-refractivity contribution in [3.05, 3.63) is 35.6 Å². The standard InChI is InChI=1S/C14H16FNO3/c1-16(13(17)11-8-12(11)14(18)19)6-5-9-3-2-4-10(15)7-9/h2-4,7,11-12H,5-6,8H2,1H3,(H,18,19). The molecule has 1 aliphatic rings. The second kappa shape index (κ2) is 5.38. The summed E-state index contributed by atoms with van der Waals surface area (Å²) in [4.78, 5) is 24.1. The Labute approximate surface area is 110 Å². The average Bonchev–Trinajstić information content (AvgIpc) is 3.15. The van der Waals surface area contributed by atoms with Crippen LogP contribution < -0.4 is 0 Å². The molecular weight excluding hydrogens is 249 g/mol. The summed E-state index contributed by atoms with van der Waals surface area (Å²) in [5.74, 6) is -2.24. The second-order valence-corrected chi connectivity index (χ2v) is 4.93. The summed E-state index contributed by atoms with van der Waals surface area (Å²) in [5, 5.41) is 8.78. The molecule has 1 aromatic carbocycles. The molecule has 1 aliphatic carbocycles. The van der Waals surface area contributed by atoms with Gasteiger partial charge in [-0.3, -0.25) is 9.59 Å². The number of amides is 1. The molecule has 2 atom stereocenters. The third-order valence-electron chi connectivity index (χ3n) is 3.43. The number of hydrogen-bond acceptors (Lipinski definition) is 2. The number of likely N-dealkylation sites (N-methyl/N-ethyl adjacent to an activating group) is 1. The summed E-state index contributed by atoms with van der Waals surface area (Å²) < 4.78 is 13.0. The highest BCUT2D eigenvalue weighted by Crippen LogP contribution is 2.39. The molecule has 0 spiro atoms. The van der Waals surface area contributed by atoms with Gasteiger partial charge in [0.1, 0.15) is 5.82 Å². The molecule has 102 valence electrons. The van der Waals surface area contributed by atoms with Crippen molar-refractivity contribution < 1.29 is 19.1 Å². The van der Waals surface area contributed by atoms with Crippen LogP contribution in [0, 0.1) is 17.7 Å². The van der Waals surface area contributed by atoms with Crippen LogP contribution in [-0.2, 0) is 16.0 Å². The lowest BCUT2D eigenvalue weighted by atomic mass is 10.1. The first-order valence-electron chi connectivity index (χ1n) is 6.21. The molecule has 0 bridgehead atoms. The van der Waals surface area contributed by atoms with Crippen molar-refractivity contribution in [2.45, 2.75) is 12.8 Å². The van der Waals surface area contributed by atoms with Crippen molar-refractivity contribution in [1.82, 2.24) is 4.90 Å². The molecule has 2 unspecified atom stereocenters. The number of benzene rings is 1. The van der Waals surface area contributed by atoms with Crippen LogP contribution in [0.15, 0.2) is 24.3 Å². The van der Waals surface area contributed by atoms with Gasteiger partial charge < -0.3 is 10.0 Å². The SMILES string of the molecule is CN(CCc1cccc(F)c1)C(=O)C1CC1C(=O)O. The molecule has 1 amide bonds. The maximum absolute atomic E-state index is 13.0. The van der Waals surface area contributed by atoms with Crippen LogP contribution >= 0.6 is 0 Å². The van der Waals surface area contributed by atoms with Crippen molar-refractivity contribution >= 4 is 11.9 Å². The zero-order valence-corrected chi connectivity index (χ0v) is 10.7. The van der Waals surface area contributed by atoms with Crippen LogP contribution in [0.25, 0.3) is 0 Å². The molecule has 0 saturated heterocycles. The largest absolute Gasteiger partial charge is 0.481 e. The van der Waals surface area contributed by atoms with Crippen molar-refractivity contribution in [3.8, 4) is 0 Å². The monoisotopic (exact) mass is 265 g/mol. The molecule has 0 radical (unpaired) electrons. The van der Waals surface area contributed by atoms with E-state index >= 15 is 0 Å². The van der Waals surface area contributed by atoms with Gasteiger partial charge in [0.15, 0.2) is 0 Å². The predicted octanol–water partition coefficient (Wildman–Crippen LogP) is 1.55. The van der Waals surface area contributed by atoms with Gasteiger partial charge in [0, 0.05) is 13.6 Å². The van der Waals surface area contributed by atoms with E-state index in [0.717, 1.165) is 5.56 Å². The Bertz CT molecular complexity index is 503. The highest BCUT2D eigenvalue weighted by molar-refractivity contribution is 5.89. The zero-order chi connectivity index (χ0) is 14.0. The van der Waals surface area contributed by atoms with E-state index in [1.165, 1.54) is 17.0 Å². The Morgan fingerprint density at radius 3 is 2.74 bits per heavy atom.